The number of aryl methyl sites for hydroxylation is 1. The van der Waals surface area contributed by atoms with Crippen molar-refractivity contribution in [3.05, 3.63) is 75.7 Å². The van der Waals surface area contributed by atoms with Crippen LogP contribution in [0.2, 0.25) is 5.02 Å². The summed E-state index contributed by atoms with van der Waals surface area (Å²) < 4.78 is 18.5. The van der Waals surface area contributed by atoms with Crippen molar-refractivity contribution >= 4 is 35.2 Å². The van der Waals surface area contributed by atoms with Gasteiger partial charge in [-0.05, 0) is 35.7 Å². The molecule has 1 atom stereocenters. The molecule has 2 N–H and O–H groups in total. The Labute approximate surface area is 182 Å². The quantitative estimate of drug-likeness (QED) is 0.692. The fourth-order valence-corrected chi connectivity index (χ4v) is 3.77. The van der Waals surface area contributed by atoms with Crippen LogP contribution in [0.4, 0.5) is 14.9 Å². The number of hydrogen-bond acceptors (Lipinski definition) is 4. The normalized spacial score (nSPS) is 17.9. The van der Waals surface area contributed by atoms with Crippen LogP contribution in [-0.4, -0.2) is 36.0 Å². The third-order valence-electron chi connectivity index (χ3n) is 5.22. The molecule has 7 nitrogen and oxygen atoms in total. The third-order valence-corrected chi connectivity index (χ3v) is 5.51. The molecular weight excluding hydrogens is 425 g/mol. The van der Waals surface area contributed by atoms with Crippen molar-refractivity contribution in [1.82, 2.24) is 10.2 Å². The summed E-state index contributed by atoms with van der Waals surface area (Å²) in [4.78, 5) is 38.9. The summed E-state index contributed by atoms with van der Waals surface area (Å²) in [5, 5.41) is 5.22. The number of carbonyl (C=O) groups excluding carboxylic acids is 3. The molecule has 0 saturated heterocycles. The summed E-state index contributed by atoms with van der Waals surface area (Å²) in [5.41, 5.74) is 2.83. The Morgan fingerprint density at radius 2 is 2.00 bits per heavy atom. The minimum Gasteiger partial charge on any atom is -0.456 e. The fraction of sp³-hybridized carbons (Fsp3) is 0.227. The lowest BCUT2D eigenvalue weighted by molar-refractivity contribution is -0.136. The lowest BCUT2D eigenvalue weighted by atomic mass is 9.94. The molecule has 0 radical (unpaired) electrons. The molecule has 2 aliphatic rings. The number of nitrogens with zero attached hydrogens (tertiary/aromatic N) is 1. The van der Waals surface area contributed by atoms with Gasteiger partial charge in [0, 0.05) is 5.69 Å². The highest BCUT2D eigenvalue weighted by molar-refractivity contribution is 6.31. The van der Waals surface area contributed by atoms with Crippen LogP contribution in [0.5, 0.6) is 0 Å². The highest BCUT2D eigenvalue weighted by Gasteiger charge is 2.42. The molecule has 4 rings (SSSR count). The minimum absolute atomic E-state index is 0.0964. The van der Waals surface area contributed by atoms with E-state index in [1.807, 2.05) is 31.2 Å². The number of nitrogens with one attached hydrogen (secondary N) is 2. The van der Waals surface area contributed by atoms with E-state index in [9.17, 15) is 18.8 Å². The molecule has 160 valence electrons. The van der Waals surface area contributed by atoms with Crippen molar-refractivity contribution in [3.63, 3.8) is 0 Å². The maximum Gasteiger partial charge on any atom is 0.338 e. The number of benzene rings is 2. The van der Waals surface area contributed by atoms with Gasteiger partial charge >= 0.3 is 12.0 Å². The van der Waals surface area contributed by atoms with Crippen molar-refractivity contribution in [2.45, 2.75) is 19.4 Å². The van der Waals surface area contributed by atoms with E-state index in [0.717, 1.165) is 23.6 Å². The van der Waals surface area contributed by atoms with Gasteiger partial charge in [-0.1, -0.05) is 42.8 Å². The molecule has 0 aromatic heterocycles. The average molecular weight is 444 g/mol. The number of cyclic esters (lactones) is 1. The topological polar surface area (TPSA) is 87.7 Å². The molecule has 0 unspecified atom stereocenters. The van der Waals surface area contributed by atoms with Crippen molar-refractivity contribution in [3.8, 4) is 0 Å². The van der Waals surface area contributed by atoms with Gasteiger partial charge in [-0.2, -0.15) is 0 Å². The summed E-state index contributed by atoms with van der Waals surface area (Å²) >= 11 is 5.73. The zero-order valence-corrected chi connectivity index (χ0v) is 17.3. The molecular formula is C22H19ClFN3O4. The highest BCUT2D eigenvalue weighted by Crippen LogP contribution is 2.35. The molecule has 0 saturated carbocycles. The number of rotatable bonds is 5. The number of hydrogen-bond donors (Lipinski definition) is 2. The van der Waals surface area contributed by atoms with Crippen LogP contribution >= 0.6 is 11.6 Å². The number of ether oxygens (including phenoxy) is 1. The van der Waals surface area contributed by atoms with E-state index < -0.39 is 29.8 Å². The summed E-state index contributed by atoms with van der Waals surface area (Å²) in [6.45, 7) is 1.59. The van der Waals surface area contributed by atoms with Crippen molar-refractivity contribution in [2.75, 3.05) is 18.5 Å². The predicted molar refractivity (Wildman–Crippen MR) is 112 cm³/mol. The SMILES string of the molecule is CCc1ccc([C@@H]2NC(=O)N(CC(=O)Nc3ccc(F)c(Cl)c3)C3=C2C(=O)OC3)cc1. The number of urea groups is 1. The first kappa shape index (κ1) is 20.9. The summed E-state index contributed by atoms with van der Waals surface area (Å²) in [6.07, 6.45) is 0.870. The Bertz CT molecular complexity index is 1100. The number of anilines is 1. The smallest absolute Gasteiger partial charge is 0.338 e. The molecule has 0 fully saturated rings. The van der Waals surface area contributed by atoms with E-state index in [4.69, 9.17) is 16.3 Å². The highest BCUT2D eigenvalue weighted by atomic mass is 35.5. The second-order valence-corrected chi connectivity index (χ2v) is 7.58. The number of amides is 3. The molecule has 2 aromatic carbocycles. The predicted octanol–water partition coefficient (Wildman–Crippen LogP) is 3.56. The van der Waals surface area contributed by atoms with Crippen LogP contribution in [0.25, 0.3) is 0 Å². The second kappa shape index (κ2) is 8.39. The molecule has 0 bridgehead atoms. The van der Waals surface area contributed by atoms with Crippen LogP contribution in [0.3, 0.4) is 0 Å². The lowest BCUT2D eigenvalue weighted by Crippen LogP contribution is -2.49. The molecule has 2 aromatic rings. The Balaban J connectivity index is 1.57. The molecule has 2 heterocycles. The molecule has 0 spiro atoms. The number of esters is 1. The first-order valence-corrected chi connectivity index (χ1v) is 10.1. The Hall–Kier alpha value is -3.39. The standard InChI is InChI=1S/C22H19ClFN3O4/c1-2-12-3-5-13(6-4-12)20-19-17(11-31-21(19)29)27(22(30)26-20)10-18(28)25-14-7-8-16(24)15(23)9-14/h3-9,20H,2,10-11H2,1H3,(H,25,28)(H,26,30)/t20-/m0/s1. The second-order valence-electron chi connectivity index (χ2n) is 7.18. The van der Waals surface area contributed by atoms with Crippen molar-refractivity contribution in [1.29, 1.82) is 0 Å². The van der Waals surface area contributed by atoms with Gasteiger partial charge in [-0.25, -0.2) is 14.0 Å². The number of carbonyl (C=O) groups is 3. The zero-order valence-electron chi connectivity index (χ0n) is 16.6. The van der Waals surface area contributed by atoms with E-state index in [1.165, 1.54) is 17.0 Å². The first-order valence-electron chi connectivity index (χ1n) is 9.69. The molecule has 0 aliphatic carbocycles. The van der Waals surface area contributed by atoms with Gasteiger partial charge in [0.25, 0.3) is 0 Å². The van der Waals surface area contributed by atoms with Gasteiger partial charge in [0.2, 0.25) is 5.91 Å². The maximum atomic E-state index is 13.3. The molecule has 3 amide bonds. The zero-order chi connectivity index (χ0) is 22.1. The van der Waals surface area contributed by atoms with Crippen LogP contribution in [0, 0.1) is 5.82 Å². The molecule has 2 aliphatic heterocycles. The maximum absolute atomic E-state index is 13.3. The van der Waals surface area contributed by atoms with E-state index in [-0.39, 0.29) is 23.9 Å². The minimum atomic E-state index is -0.654. The summed E-state index contributed by atoms with van der Waals surface area (Å²) in [6, 6.07) is 10.2. The van der Waals surface area contributed by atoms with Crippen LogP contribution < -0.4 is 10.6 Å². The van der Waals surface area contributed by atoms with Gasteiger partial charge < -0.3 is 15.4 Å². The fourth-order valence-electron chi connectivity index (χ4n) is 3.59. The number of halogens is 2. The van der Waals surface area contributed by atoms with Gasteiger partial charge in [-0.15, -0.1) is 0 Å². The Morgan fingerprint density at radius 1 is 1.26 bits per heavy atom. The van der Waals surface area contributed by atoms with Crippen molar-refractivity contribution in [2.24, 2.45) is 0 Å². The van der Waals surface area contributed by atoms with E-state index in [0.29, 0.717) is 11.3 Å². The van der Waals surface area contributed by atoms with Gasteiger partial charge in [0.15, 0.2) is 0 Å². The Kier molecular flexibility index (Phi) is 5.65. The van der Waals surface area contributed by atoms with Crippen LogP contribution in [0.15, 0.2) is 53.7 Å². The van der Waals surface area contributed by atoms with Crippen LogP contribution in [0.1, 0.15) is 24.1 Å². The average Bonchev–Trinajstić information content (AvgIpc) is 3.14. The monoisotopic (exact) mass is 443 g/mol. The lowest BCUT2D eigenvalue weighted by Gasteiger charge is -2.32. The molecule has 31 heavy (non-hydrogen) atoms. The van der Waals surface area contributed by atoms with E-state index in [2.05, 4.69) is 10.6 Å². The van der Waals surface area contributed by atoms with E-state index >= 15 is 0 Å². The van der Waals surface area contributed by atoms with E-state index in [1.54, 1.807) is 0 Å². The summed E-state index contributed by atoms with van der Waals surface area (Å²) in [7, 11) is 0. The van der Waals surface area contributed by atoms with Gasteiger partial charge in [-0.3, -0.25) is 9.69 Å². The summed E-state index contributed by atoms with van der Waals surface area (Å²) in [5.74, 6) is -1.67. The molecule has 9 heteroatoms. The first-order chi connectivity index (χ1) is 14.9. The van der Waals surface area contributed by atoms with Gasteiger partial charge in [0.05, 0.1) is 22.3 Å². The third kappa shape index (κ3) is 4.11. The van der Waals surface area contributed by atoms with Crippen molar-refractivity contribution < 1.29 is 23.5 Å². The van der Waals surface area contributed by atoms with Crippen LogP contribution in [-0.2, 0) is 20.7 Å². The Morgan fingerprint density at radius 3 is 2.68 bits per heavy atom. The largest absolute Gasteiger partial charge is 0.456 e. The van der Waals surface area contributed by atoms with Gasteiger partial charge in [0.1, 0.15) is 19.0 Å².